The highest BCUT2D eigenvalue weighted by Gasteiger charge is 2.16. The van der Waals surface area contributed by atoms with Crippen LogP contribution in [0.3, 0.4) is 0 Å². The van der Waals surface area contributed by atoms with Gasteiger partial charge in [-0.15, -0.1) is 11.6 Å². The Labute approximate surface area is 115 Å². The molecule has 0 aromatic heterocycles. The van der Waals surface area contributed by atoms with E-state index < -0.39 is 0 Å². The Bertz CT molecular complexity index is 435. The Balaban J connectivity index is 2.98. The molecule has 0 atom stereocenters. The molecule has 1 aromatic rings. The average molecular weight is 268 g/mol. The van der Waals surface area contributed by atoms with E-state index in [0.717, 1.165) is 0 Å². The molecule has 0 saturated carbocycles. The van der Waals surface area contributed by atoms with E-state index in [1.54, 1.807) is 11.9 Å². The molecule has 0 aliphatic rings. The summed E-state index contributed by atoms with van der Waals surface area (Å²) in [6, 6.07) is 6.46. The van der Waals surface area contributed by atoms with Gasteiger partial charge in [0.25, 0.3) is 0 Å². The first-order chi connectivity index (χ1) is 8.25. The highest BCUT2D eigenvalue weighted by molar-refractivity contribution is 6.27. The van der Waals surface area contributed by atoms with Crippen molar-refractivity contribution in [3.63, 3.8) is 0 Å². The molecule has 0 aliphatic carbocycles. The van der Waals surface area contributed by atoms with Crippen LogP contribution in [0.5, 0.6) is 0 Å². The van der Waals surface area contributed by atoms with Crippen molar-refractivity contribution in [2.75, 3.05) is 12.9 Å². The van der Waals surface area contributed by atoms with Crippen molar-refractivity contribution in [2.24, 2.45) is 0 Å². The van der Waals surface area contributed by atoms with Crippen molar-refractivity contribution in [1.29, 1.82) is 0 Å². The summed E-state index contributed by atoms with van der Waals surface area (Å²) in [6.45, 7) is 9.25. The summed E-state index contributed by atoms with van der Waals surface area (Å²) in [5.74, 6) is -0.00801. The van der Waals surface area contributed by atoms with Gasteiger partial charge in [-0.1, -0.05) is 39.0 Å². The van der Waals surface area contributed by atoms with E-state index in [4.69, 9.17) is 11.6 Å². The lowest BCUT2D eigenvalue weighted by Crippen LogP contribution is -2.27. The van der Waals surface area contributed by atoms with Crippen molar-refractivity contribution in [2.45, 2.75) is 39.7 Å². The van der Waals surface area contributed by atoms with Gasteiger partial charge in [0.15, 0.2) is 0 Å². The largest absolute Gasteiger partial charge is 0.340 e. The maximum Gasteiger partial charge on any atom is 0.237 e. The van der Waals surface area contributed by atoms with Crippen LogP contribution in [0.2, 0.25) is 0 Å². The number of carbonyl (C=O) groups is 1. The fourth-order valence-corrected chi connectivity index (χ4v) is 1.96. The molecule has 1 aromatic carbocycles. The van der Waals surface area contributed by atoms with Crippen LogP contribution in [0.4, 0.5) is 0 Å². The Hall–Kier alpha value is -1.02. The van der Waals surface area contributed by atoms with E-state index in [1.165, 1.54) is 16.7 Å². The van der Waals surface area contributed by atoms with Crippen LogP contribution in [0, 0.1) is 6.92 Å². The first-order valence-electron chi connectivity index (χ1n) is 6.15. The molecule has 0 radical (unpaired) electrons. The molecule has 0 bridgehead atoms. The van der Waals surface area contributed by atoms with Crippen LogP contribution in [-0.2, 0) is 16.8 Å². The van der Waals surface area contributed by atoms with Gasteiger partial charge in [-0.25, -0.2) is 0 Å². The zero-order valence-corrected chi connectivity index (χ0v) is 12.6. The van der Waals surface area contributed by atoms with Crippen LogP contribution in [0.1, 0.15) is 37.5 Å². The Morgan fingerprint density at radius 2 is 1.94 bits per heavy atom. The number of amides is 1. The SMILES string of the molecule is Cc1ccc(C(C)(C)C)cc1CN(C)C(=O)CCl. The second kappa shape index (κ2) is 5.75. The minimum atomic E-state index is -0.0442. The quantitative estimate of drug-likeness (QED) is 0.768. The molecular weight excluding hydrogens is 246 g/mol. The maximum atomic E-state index is 11.5. The number of alkyl halides is 1. The third kappa shape index (κ3) is 3.74. The maximum absolute atomic E-state index is 11.5. The van der Waals surface area contributed by atoms with Gasteiger partial charge in [-0.3, -0.25) is 4.79 Å². The lowest BCUT2D eigenvalue weighted by molar-refractivity contribution is -0.127. The third-order valence-corrected chi connectivity index (χ3v) is 3.39. The van der Waals surface area contributed by atoms with Gasteiger partial charge in [-0.2, -0.15) is 0 Å². The number of carbonyl (C=O) groups excluding carboxylic acids is 1. The predicted molar refractivity (Wildman–Crippen MR) is 77.1 cm³/mol. The number of benzene rings is 1. The van der Waals surface area contributed by atoms with E-state index in [0.29, 0.717) is 6.54 Å². The molecule has 0 saturated heterocycles. The molecule has 0 spiro atoms. The summed E-state index contributed by atoms with van der Waals surface area (Å²) in [6.07, 6.45) is 0. The van der Waals surface area contributed by atoms with Crippen molar-refractivity contribution in [3.8, 4) is 0 Å². The molecule has 0 heterocycles. The number of hydrogen-bond acceptors (Lipinski definition) is 1. The molecule has 0 aliphatic heterocycles. The second-order valence-corrected chi connectivity index (χ2v) is 6.04. The second-order valence-electron chi connectivity index (χ2n) is 5.77. The van der Waals surface area contributed by atoms with Crippen LogP contribution >= 0.6 is 11.6 Å². The molecule has 0 fully saturated rings. The monoisotopic (exact) mass is 267 g/mol. The van der Waals surface area contributed by atoms with Crippen molar-refractivity contribution >= 4 is 17.5 Å². The Kier molecular flexibility index (Phi) is 4.80. The van der Waals surface area contributed by atoms with E-state index >= 15 is 0 Å². The number of hydrogen-bond donors (Lipinski definition) is 0. The molecule has 3 heteroatoms. The number of nitrogens with zero attached hydrogens (tertiary/aromatic N) is 1. The predicted octanol–water partition coefficient (Wildman–Crippen LogP) is 3.49. The van der Waals surface area contributed by atoms with Crippen LogP contribution < -0.4 is 0 Å². The average Bonchev–Trinajstić information content (AvgIpc) is 2.29. The minimum absolute atomic E-state index is 0.0362. The highest BCUT2D eigenvalue weighted by atomic mass is 35.5. The molecule has 2 nitrogen and oxygen atoms in total. The first kappa shape index (κ1) is 15.0. The summed E-state index contributed by atoms with van der Waals surface area (Å²) < 4.78 is 0. The van der Waals surface area contributed by atoms with E-state index in [-0.39, 0.29) is 17.2 Å². The summed E-state index contributed by atoms with van der Waals surface area (Å²) in [4.78, 5) is 13.2. The van der Waals surface area contributed by atoms with Gasteiger partial charge in [0.05, 0.1) is 0 Å². The van der Waals surface area contributed by atoms with Gasteiger partial charge in [-0.05, 0) is 29.0 Å². The van der Waals surface area contributed by atoms with Gasteiger partial charge in [0.2, 0.25) is 5.91 Å². The van der Waals surface area contributed by atoms with E-state index in [9.17, 15) is 4.79 Å². The number of rotatable bonds is 3. The fourth-order valence-electron chi connectivity index (χ4n) is 1.75. The molecule has 18 heavy (non-hydrogen) atoms. The zero-order valence-electron chi connectivity index (χ0n) is 11.9. The topological polar surface area (TPSA) is 20.3 Å². The molecule has 1 amide bonds. The third-order valence-electron chi connectivity index (χ3n) is 3.16. The van der Waals surface area contributed by atoms with Crippen LogP contribution in [0.25, 0.3) is 0 Å². The lowest BCUT2D eigenvalue weighted by Gasteiger charge is -2.23. The van der Waals surface area contributed by atoms with Gasteiger partial charge >= 0.3 is 0 Å². The van der Waals surface area contributed by atoms with Crippen molar-refractivity contribution < 1.29 is 4.79 Å². The smallest absolute Gasteiger partial charge is 0.237 e. The van der Waals surface area contributed by atoms with Gasteiger partial charge < -0.3 is 4.90 Å². The molecule has 0 unspecified atom stereocenters. The molecular formula is C15H22ClNO. The normalized spacial score (nSPS) is 11.4. The molecule has 0 N–H and O–H groups in total. The Morgan fingerprint density at radius 1 is 1.33 bits per heavy atom. The summed E-state index contributed by atoms with van der Waals surface area (Å²) >= 11 is 5.57. The first-order valence-corrected chi connectivity index (χ1v) is 6.69. The van der Waals surface area contributed by atoms with Gasteiger partial charge in [0, 0.05) is 13.6 Å². The highest BCUT2D eigenvalue weighted by Crippen LogP contribution is 2.25. The summed E-state index contributed by atoms with van der Waals surface area (Å²) in [7, 11) is 1.79. The Morgan fingerprint density at radius 3 is 2.44 bits per heavy atom. The zero-order chi connectivity index (χ0) is 13.9. The number of aryl methyl sites for hydroxylation is 1. The number of halogens is 1. The molecule has 1 rings (SSSR count). The lowest BCUT2D eigenvalue weighted by atomic mass is 9.85. The van der Waals surface area contributed by atoms with E-state index in [2.05, 4.69) is 45.9 Å². The molecule has 100 valence electrons. The van der Waals surface area contributed by atoms with Gasteiger partial charge in [0.1, 0.15) is 5.88 Å². The summed E-state index contributed by atoms with van der Waals surface area (Å²) in [5.41, 5.74) is 3.80. The van der Waals surface area contributed by atoms with Crippen LogP contribution in [-0.4, -0.2) is 23.7 Å². The van der Waals surface area contributed by atoms with E-state index in [1.807, 2.05) is 0 Å². The standard InChI is InChI=1S/C15H22ClNO/c1-11-6-7-13(15(2,3)4)8-12(11)10-17(5)14(18)9-16/h6-8H,9-10H2,1-5H3. The van der Waals surface area contributed by atoms with Crippen molar-refractivity contribution in [3.05, 3.63) is 34.9 Å². The fraction of sp³-hybridized carbons (Fsp3) is 0.533. The minimum Gasteiger partial charge on any atom is -0.340 e. The van der Waals surface area contributed by atoms with Crippen LogP contribution in [0.15, 0.2) is 18.2 Å². The summed E-state index contributed by atoms with van der Waals surface area (Å²) in [5, 5.41) is 0. The van der Waals surface area contributed by atoms with Crippen molar-refractivity contribution in [1.82, 2.24) is 4.90 Å².